The largest absolute Gasteiger partial charge is 0.330 e. The highest BCUT2D eigenvalue weighted by Crippen LogP contribution is 2.14. The fourth-order valence-corrected chi connectivity index (χ4v) is 3.09. The van der Waals surface area contributed by atoms with Crippen LogP contribution in [-0.2, 0) is 24.1 Å². The van der Waals surface area contributed by atoms with Crippen LogP contribution in [0.4, 0.5) is 5.69 Å². The van der Waals surface area contributed by atoms with E-state index in [4.69, 9.17) is 0 Å². The molecule has 0 spiro atoms. The van der Waals surface area contributed by atoms with Crippen molar-refractivity contribution in [2.75, 3.05) is 4.72 Å². The Balaban J connectivity index is 2.56. The molecule has 7 nitrogen and oxygen atoms in total. The molecule has 2 rings (SSSR count). The Kier molecular flexibility index (Phi) is 3.73. The number of aryl methyl sites for hydroxylation is 2. The normalized spacial score (nSPS) is 11.4. The molecule has 1 aromatic heterocycles. The third-order valence-electron chi connectivity index (χ3n) is 2.97. The second-order valence-corrected chi connectivity index (χ2v) is 6.38. The van der Waals surface area contributed by atoms with Crippen molar-refractivity contribution in [2.45, 2.75) is 11.8 Å². The number of hydrogen-bond donors (Lipinski definition) is 1. The standard InChI is InChI=1S/C13H15N3O4S/c1-9-5-4-6-10(7-9)14-21(19,20)11-8-15(2)13(18)16(3)12(11)17/h4-8,14H,1-3H3. The van der Waals surface area contributed by atoms with E-state index in [0.717, 1.165) is 20.9 Å². The highest BCUT2D eigenvalue weighted by molar-refractivity contribution is 7.92. The summed E-state index contributed by atoms with van der Waals surface area (Å²) in [6, 6.07) is 6.75. The summed E-state index contributed by atoms with van der Waals surface area (Å²) in [7, 11) is -1.45. The van der Waals surface area contributed by atoms with Gasteiger partial charge in [0.25, 0.3) is 15.6 Å². The van der Waals surface area contributed by atoms with Crippen LogP contribution in [0.2, 0.25) is 0 Å². The quantitative estimate of drug-likeness (QED) is 0.876. The van der Waals surface area contributed by atoms with Crippen molar-refractivity contribution < 1.29 is 8.42 Å². The molecule has 0 atom stereocenters. The summed E-state index contributed by atoms with van der Waals surface area (Å²) in [6.07, 6.45) is 1.02. The molecule has 0 radical (unpaired) electrons. The Morgan fingerprint density at radius 2 is 1.81 bits per heavy atom. The summed E-state index contributed by atoms with van der Waals surface area (Å²) < 4.78 is 28.8. The molecule has 8 heteroatoms. The lowest BCUT2D eigenvalue weighted by atomic mass is 10.2. The van der Waals surface area contributed by atoms with E-state index in [1.165, 1.54) is 14.1 Å². The van der Waals surface area contributed by atoms with Crippen molar-refractivity contribution in [3.63, 3.8) is 0 Å². The van der Waals surface area contributed by atoms with E-state index < -0.39 is 26.2 Å². The maximum absolute atomic E-state index is 12.3. The van der Waals surface area contributed by atoms with E-state index in [1.54, 1.807) is 18.2 Å². The van der Waals surface area contributed by atoms with E-state index in [0.29, 0.717) is 5.69 Å². The lowest BCUT2D eigenvalue weighted by Crippen LogP contribution is -2.40. The molecule has 0 aliphatic rings. The molecule has 1 N–H and O–H groups in total. The monoisotopic (exact) mass is 309 g/mol. The van der Waals surface area contributed by atoms with Crippen LogP contribution in [0.3, 0.4) is 0 Å². The molecule has 0 bridgehead atoms. The zero-order valence-corrected chi connectivity index (χ0v) is 12.6. The van der Waals surface area contributed by atoms with Gasteiger partial charge in [0.2, 0.25) is 0 Å². The fraction of sp³-hybridized carbons (Fsp3) is 0.231. The summed E-state index contributed by atoms with van der Waals surface area (Å²) in [5.74, 6) is 0. The number of nitrogens with zero attached hydrogens (tertiary/aromatic N) is 2. The van der Waals surface area contributed by atoms with Crippen molar-refractivity contribution in [3.05, 3.63) is 56.9 Å². The first kappa shape index (κ1) is 15.0. The minimum absolute atomic E-state index is 0.353. The summed E-state index contributed by atoms with van der Waals surface area (Å²) in [4.78, 5) is 23.1. The predicted molar refractivity (Wildman–Crippen MR) is 78.9 cm³/mol. The number of nitrogens with one attached hydrogen (secondary N) is 1. The van der Waals surface area contributed by atoms with Gasteiger partial charge >= 0.3 is 5.69 Å². The minimum Gasteiger partial charge on any atom is -0.302 e. The summed E-state index contributed by atoms with van der Waals surface area (Å²) in [6.45, 7) is 1.82. The van der Waals surface area contributed by atoms with Crippen LogP contribution in [-0.4, -0.2) is 17.6 Å². The average Bonchev–Trinajstić information content (AvgIpc) is 2.40. The minimum atomic E-state index is -4.07. The second kappa shape index (κ2) is 5.21. The van der Waals surface area contributed by atoms with E-state index in [2.05, 4.69) is 4.72 Å². The molecule has 1 aromatic carbocycles. The van der Waals surface area contributed by atoms with E-state index >= 15 is 0 Å². The molecule has 0 unspecified atom stereocenters. The van der Waals surface area contributed by atoms with Crippen LogP contribution >= 0.6 is 0 Å². The molecule has 0 amide bonds. The highest BCUT2D eigenvalue weighted by atomic mass is 32.2. The van der Waals surface area contributed by atoms with E-state index in [1.807, 2.05) is 13.0 Å². The Morgan fingerprint density at radius 1 is 1.14 bits per heavy atom. The average molecular weight is 309 g/mol. The van der Waals surface area contributed by atoms with Gasteiger partial charge in [0.05, 0.1) is 0 Å². The van der Waals surface area contributed by atoms with Gasteiger partial charge in [-0.05, 0) is 24.6 Å². The lowest BCUT2D eigenvalue weighted by molar-refractivity contribution is 0.589. The van der Waals surface area contributed by atoms with Crippen molar-refractivity contribution in [3.8, 4) is 0 Å². The van der Waals surface area contributed by atoms with Gasteiger partial charge in [-0.1, -0.05) is 12.1 Å². The maximum atomic E-state index is 12.3. The Morgan fingerprint density at radius 3 is 2.43 bits per heavy atom. The summed E-state index contributed by atoms with van der Waals surface area (Å²) >= 11 is 0. The van der Waals surface area contributed by atoms with E-state index in [-0.39, 0.29) is 0 Å². The Bertz CT molecular complexity index is 910. The maximum Gasteiger partial charge on any atom is 0.330 e. The highest BCUT2D eigenvalue weighted by Gasteiger charge is 2.21. The van der Waals surface area contributed by atoms with Crippen LogP contribution in [0.5, 0.6) is 0 Å². The number of benzene rings is 1. The van der Waals surface area contributed by atoms with Gasteiger partial charge in [-0.25, -0.2) is 13.2 Å². The van der Waals surface area contributed by atoms with Crippen molar-refractivity contribution in [1.29, 1.82) is 0 Å². The van der Waals surface area contributed by atoms with Crippen molar-refractivity contribution in [2.24, 2.45) is 14.1 Å². The Hall–Kier alpha value is -2.35. The molecule has 0 saturated heterocycles. The molecule has 1 heterocycles. The fourth-order valence-electron chi connectivity index (χ4n) is 1.88. The molecule has 21 heavy (non-hydrogen) atoms. The van der Waals surface area contributed by atoms with Crippen molar-refractivity contribution in [1.82, 2.24) is 9.13 Å². The number of sulfonamides is 1. The Labute approximate surface area is 121 Å². The molecule has 0 saturated carbocycles. The molecule has 2 aromatic rings. The predicted octanol–water partition coefficient (Wildman–Crippen LogP) is 0.193. The first-order valence-electron chi connectivity index (χ1n) is 6.08. The summed E-state index contributed by atoms with van der Waals surface area (Å²) in [5, 5.41) is 0. The number of anilines is 1. The van der Waals surface area contributed by atoms with Gasteiger partial charge in [-0.3, -0.25) is 14.1 Å². The molecule has 0 aliphatic carbocycles. The van der Waals surface area contributed by atoms with Gasteiger partial charge in [-0.2, -0.15) is 0 Å². The third-order valence-corrected chi connectivity index (χ3v) is 4.34. The van der Waals surface area contributed by atoms with Crippen molar-refractivity contribution >= 4 is 15.7 Å². The SMILES string of the molecule is Cc1cccc(NS(=O)(=O)c2cn(C)c(=O)n(C)c2=O)c1. The van der Waals surface area contributed by atoms with E-state index in [9.17, 15) is 18.0 Å². The van der Waals surface area contributed by atoms with Crippen LogP contribution in [0.25, 0.3) is 0 Å². The topological polar surface area (TPSA) is 90.2 Å². The van der Waals surface area contributed by atoms with Gasteiger partial charge in [-0.15, -0.1) is 0 Å². The van der Waals surface area contributed by atoms with Crippen LogP contribution in [0.15, 0.2) is 44.9 Å². The smallest absolute Gasteiger partial charge is 0.302 e. The molecular weight excluding hydrogens is 294 g/mol. The summed E-state index contributed by atoms with van der Waals surface area (Å²) in [5.41, 5.74) is -0.220. The van der Waals surface area contributed by atoms with Crippen LogP contribution < -0.4 is 16.0 Å². The molecule has 0 fully saturated rings. The van der Waals surface area contributed by atoms with Crippen LogP contribution in [0.1, 0.15) is 5.56 Å². The van der Waals surface area contributed by atoms with Crippen LogP contribution in [0, 0.1) is 6.92 Å². The number of hydrogen-bond acceptors (Lipinski definition) is 4. The van der Waals surface area contributed by atoms with Gasteiger partial charge in [0, 0.05) is 26.0 Å². The lowest BCUT2D eigenvalue weighted by Gasteiger charge is -2.10. The zero-order valence-electron chi connectivity index (χ0n) is 11.8. The van der Waals surface area contributed by atoms with Gasteiger partial charge in [0.1, 0.15) is 0 Å². The second-order valence-electron chi connectivity index (χ2n) is 4.73. The zero-order chi connectivity index (χ0) is 15.8. The molecular formula is C13H15N3O4S. The third kappa shape index (κ3) is 2.89. The van der Waals surface area contributed by atoms with Gasteiger partial charge in [0.15, 0.2) is 4.90 Å². The molecule has 0 aliphatic heterocycles. The number of aromatic nitrogens is 2. The van der Waals surface area contributed by atoms with Gasteiger partial charge < -0.3 is 4.57 Å². The first-order chi connectivity index (χ1) is 9.72. The number of rotatable bonds is 3. The first-order valence-corrected chi connectivity index (χ1v) is 7.57. The molecule has 112 valence electrons.